The fraction of sp³-hybridized carbons (Fsp3) is 0.640. The molecule has 4 rings (SSSR count). The number of rotatable bonds is 7. The molecule has 0 spiro atoms. The molecule has 5 atom stereocenters. The lowest BCUT2D eigenvalue weighted by Crippen LogP contribution is -2.37. The maximum absolute atomic E-state index is 14.0. The molecule has 2 heterocycles. The Morgan fingerprint density at radius 2 is 1.68 bits per heavy atom. The van der Waals surface area contributed by atoms with E-state index in [-0.39, 0.29) is 12.0 Å². The van der Waals surface area contributed by atoms with Crippen LogP contribution in [0.25, 0.3) is 0 Å². The first-order chi connectivity index (χ1) is 16.0. The summed E-state index contributed by atoms with van der Waals surface area (Å²) >= 11 is 0. The Labute approximate surface area is 203 Å². The van der Waals surface area contributed by atoms with Crippen molar-refractivity contribution in [3.05, 3.63) is 41.7 Å². The van der Waals surface area contributed by atoms with Crippen LogP contribution in [0.1, 0.15) is 52.0 Å². The molecule has 2 saturated heterocycles. The number of nitrogens with zero attached hydrogens (tertiary/aromatic N) is 3. The monoisotopic (exact) mass is 491 g/mol. The van der Waals surface area contributed by atoms with Crippen molar-refractivity contribution in [1.82, 2.24) is 14.4 Å². The molecular formula is C25H38N3O5P. The van der Waals surface area contributed by atoms with Gasteiger partial charge in [0.1, 0.15) is 11.4 Å². The number of benzene rings is 1. The Morgan fingerprint density at radius 3 is 2.21 bits per heavy atom. The maximum atomic E-state index is 14.0. The van der Waals surface area contributed by atoms with E-state index < -0.39 is 19.1 Å². The summed E-state index contributed by atoms with van der Waals surface area (Å²) in [5.74, 6) is 2.25. The number of ether oxygens (including phenoxy) is 2. The number of carbonyl (C=O) groups excluding carboxylic acids is 1. The summed E-state index contributed by atoms with van der Waals surface area (Å²) < 4.78 is 28.9. The minimum Gasteiger partial charge on any atom is -0.497 e. The van der Waals surface area contributed by atoms with Crippen LogP contribution in [0, 0.1) is 0 Å². The summed E-state index contributed by atoms with van der Waals surface area (Å²) in [5, 5.41) is 1.64. The SMILES string of the molecule is COc1ccc(CON2[C@H](/C=C/P3(=O)N(C)[C@@H]4CCCC[C@H]4N3C)[C@@H]2C(=O)OC(C)(C)C)cc1. The molecule has 1 aromatic rings. The Balaban J connectivity index is 1.48. The van der Waals surface area contributed by atoms with Gasteiger partial charge in [-0.05, 0) is 65.4 Å². The van der Waals surface area contributed by atoms with E-state index in [4.69, 9.17) is 14.3 Å². The van der Waals surface area contributed by atoms with E-state index in [9.17, 15) is 9.36 Å². The van der Waals surface area contributed by atoms with Crippen LogP contribution in [0.5, 0.6) is 5.75 Å². The van der Waals surface area contributed by atoms with Crippen LogP contribution in [0.3, 0.4) is 0 Å². The first-order valence-electron chi connectivity index (χ1n) is 12.1. The molecule has 2 aliphatic heterocycles. The van der Waals surface area contributed by atoms with Gasteiger partial charge in [0, 0.05) is 17.9 Å². The average molecular weight is 492 g/mol. The Morgan fingerprint density at radius 1 is 1.09 bits per heavy atom. The zero-order valence-electron chi connectivity index (χ0n) is 21.1. The van der Waals surface area contributed by atoms with Crippen LogP contribution >= 0.6 is 7.44 Å². The highest BCUT2D eigenvalue weighted by molar-refractivity contribution is 7.62. The minimum absolute atomic E-state index is 0.315. The van der Waals surface area contributed by atoms with Gasteiger partial charge in [-0.1, -0.05) is 31.1 Å². The maximum Gasteiger partial charge on any atom is 0.328 e. The molecule has 0 radical (unpaired) electrons. The molecule has 34 heavy (non-hydrogen) atoms. The van der Waals surface area contributed by atoms with Crippen molar-refractivity contribution in [1.29, 1.82) is 0 Å². The highest BCUT2D eigenvalue weighted by Crippen LogP contribution is 2.63. The number of hydrogen-bond donors (Lipinski definition) is 0. The van der Waals surface area contributed by atoms with Gasteiger partial charge in [0.2, 0.25) is 7.44 Å². The van der Waals surface area contributed by atoms with Gasteiger partial charge in [0.25, 0.3) is 0 Å². The molecule has 188 valence electrons. The third kappa shape index (κ3) is 5.12. The van der Waals surface area contributed by atoms with Crippen molar-refractivity contribution in [3.63, 3.8) is 0 Å². The van der Waals surface area contributed by atoms with Gasteiger partial charge in [-0.25, -0.2) is 9.34 Å². The molecule has 3 aliphatic rings. The highest BCUT2D eigenvalue weighted by atomic mass is 31.2. The molecule has 3 fully saturated rings. The number of hydrogen-bond acceptors (Lipinski definition) is 6. The summed E-state index contributed by atoms with van der Waals surface area (Å²) in [4.78, 5) is 18.9. The number of methoxy groups -OCH3 is 1. The van der Waals surface area contributed by atoms with Gasteiger partial charge >= 0.3 is 5.97 Å². The topological polar surface area (TPSA) is 71.3 Å². The zero-order valence-corrected chi connectivity index (χ0v) is 22.0. The summed E-state index contributed by atoms with van der Waals surface area (Å²) in [6.07, 6.45) is 6.38. The number of carbonyl (C=O) groups is 1. The lowest BCUT2D eigenvalue weighted by atomic mass is 9.91. The standard InChI is InChI=1S/C25H38N3O5P/c1-25(2,3)33-24(29)23-22(28(23)32-17-18-11-13-19(31-6)14-12-18)15-16-34(30)26(4)20-9-7-8-10-21(20)27(34)5/h11-16,20-23H,7-10,17H2,1-6H3/b16-15+/t20-,21-,22-,23-,28?/m1/s1. The van der Waals surface area contributed by atoms with Gasteiger partial charge in [0.05, 0.1) is 19.8 Å². The number of hydroxylamine groups is 2. The van der Waals surface area contributed by atoms with Gasteiger partial charge in [-0.3, -0.25) is 14.2 Å². The van der Waals surface area contributed by atoms with Crippen LogP contribution in [-0.4, -0.2) is 71.3 Å². The summed E-state index contributed by atoms with van der Waals surface area (Å²) in [7, 11) is 2.72. The van der Waals surface area contributed by atoms with Crippen molar-refractivity contribution in [2.45, 2.75) is 82.8 Å². The Bertz CT molecular complexity index is 938. The molecule has 8 nitrogen and oxygen atoms in total. The van der Waals surface area contributed by atoms with Crippen LogP contribution in [0.15, 0.2) is 36.2 Å². The summed E-state index contributed by atoms with van der Waals surface area (Å²) in [6.45, 7) is 5.87. The van der Waals surface area contributed by atoms with Crippen molar-refractivity contribution < 1.29 is 23.7 Å². The van der Waals surface area contributed by atoms with E-state index in [0.29, 0.717) is 18.7 Å². The average Bonchev–Trinajstić information content (AvgIpc) is 3.48. The molecule has 1 aromatic carbocycles. The first-order valence-corrected chi connectivity index (χ1v) is 13.8. The number of likely N-dealkylation sites (N-methyl/N-ethyl adjacent to an activating group) is 2. The molecule has 0 bridgehead atoms. The second-order valence-electron chi connectivity index (χ2n) is 10.4. The van der Waals surface area contributed by atoms with E-state index in [1.165, 1.54) is 12.8 Å². The Hall–Kier alpha value is -1.70. The fourth-order valence-electron chi connectivity index (χ4n) is 5.08. The van der Waals surface area contributed by atoms with E-state index in [1.54, 1.807) is 12.2 Å². The predicted molar refractivity (Wildman–Crippen MR) is 131 cm³/mol. The fourth-order valence-corrected chi connectivity index (χ4v) is 7.74. The quantitative estimate of drug-likeness (QED) is 0.316. The van der Waals surface area contributed by atoms with Gasteiger partial charge in [0.15, 0.2) is 6.04 Å². The predicted octanol–water partition coefficient (Wildman–Crippen LogP) is 4.42. The van der Waals surface area contributed by atoms with E-state index in [2.05, 4.69) is 9.34 Å². The lowest BCUT2D eigenvalue weighted by molar-refractivity contribution is -0.162. The Kier molecular flexibility index (Phi) is 7.28. The number of fused-ring (bicyclic) bond motifs is 1. The van der Waals surface area contributed by atoms with E-state index in [0.717, 1.165) is 24.2 Å². The molecule has 1 saturated carbocycles. The van der Waals surface area contributed by atoms with Gasteiger partial charge in [-0.15, -0.1) is 0 Å². The van der Waals surface area contributed by atoms with Crippen LogP contribution in [-0.2, 0) is 25.5 Å². The normalized spacial score (nSPS) is 31.4. The van der Waals surface area contributed by atoms with Crippen LogP contribution < -0.4 is 4.74 Å². The molecular weight excluding hydrogens is 453 g/mol. The highest BCUT2D eigenvalue weighted by Gasteiger charge is 2.56. The summed E-state index contributed by atoms with van der Waals surface area (Å²) in [6, 6.07) is 7.37. The van der Waals surface area contributed by atoms with Crippen molar-refractivity contribution >= 4 is 13.4 Å². The molecule has 1 aliphatic carbocycles. The van der Waals surface area contributed by atoms with Crippen LogP contribution in [0.2, 0.25) is 0 Å². The van der Waals surface area contributed by atoms with E-state index in [1.807, 2.05) is 71.0 Å². The van der Waals surface area contributed by atoms with Crippen LogP contribution in [0.4, 0.5) is 0 Å². The third-order valence-corrected chi connectivity index (χ3v) is 9.99. The van der Waals surface area contributed by atoms with Crippen molar-refractivity contribution in [2.24, 2.45) is 0 Å². The first kappa shape index (κ1) is 25.4. The van der Waals surface area contributed by atoms with Crippen molar-refractivity contribution in [2.75, 3.05) is 21.2 Å². The minimum atomic E-state index is -2.84. The smallest absolute Gasteiger partial charge is 0.328 e. The zero-order chi connectivity index (χ0) is 24.7. The third-order valence-electron chi connectivity index (χ3n) is 7.02. The number of esters is 1. The largest absolute Gasteiger partial charge is 0.497 e. The molecule has 9 heteroatoms. The second kappa shape index (κ2) is 9.75. The van der Waals surface area contributed by atoms with E-state index >= 15 is 0 Å². The molecule has 0 aromatic heterocycles. The van der Waals surface area contributed by atoms with Crippen molar-refractivity contribution in [3.8, 4) is 5.75 Å². The second-order valence-corrected chi connectivity index (χ2v) is 13.2. The molecule has 0 N–H and O–H groups in total. The lowest BCUT2D eigenvalue weighted by Gasteiger charge is -2.28. The molecule has 1 unspecified atom stereocenters. The van der Waals surface area contributed by atoms with Gasteiger partial charge in [-0.2, -0.15) is 5.06 Å². The van der Waals surface area contributed by atoms with Gasteiger partial charge < -0.3 is 9.47 Å². The summed E-state index contributed by atoms with van der Waals surface area (Å²) in [5.41, 5.74) is 0.370. The molecule has 0 amide bonds.